The highest BCUT2D eigenvalue weighted by molar-refractivity contribution is 6.05. The highest BCUT2D eigenvalue weighted by Crippen LogP contribution is 2.35. The van der Waals surface area contributed by atoms with E-state index in [0.717, 1.165) is 5.56 Å². The van der Waals surface area contributed by atoms with E-state index in [0.29, 0.717) is 41.4 Å². The Kier molecular flexibility index (Phi) is 3.65. The molecule has 0 radical (unpaired) electrons. The van der Waals surface area contributed by atoms with Crippen molar-refractivity contribution in [3.63, 3.8) is 0 Å². The maximum absolute atomic E-state index is 12.6. The van der Waals surface area contributed by atoms with Gasteiger partial charge >= 0.3 is 5.63 Å². The zero-order valence-electron chi connectivity index (χ0n) is 13.5. The fourth-order valence-corrected chi connectivity index (χ4v) is 2.73. The molecule has 0 saturated carbocycles. The molecule has 1 amide bonds. The summed E-state index contributed by atoms with van der Waals surface area (Å²) < 4.78 is 16.3. The Labute approximate surface area is 143 Å². The molecule has 6 heteroatoms. The van der Waals surface area contributed by atoms with Gasteiger partial charge in [0.1, 0.15) is 24.4 Å². The van der Waals surface area contributed by atoms with Gasteiger partial charge in [0.25, 0.3) is 5.91 Å². The Bertz CT molecular complexity index is 1040. The summed E-state index contributed by atoms with van der Waals surface area (Å²) in [5, 5.41) is 3.43. The van der Waals surface area contributed by atoms with Crippen molar-refractivity contribution in [3.8, 4) is 11.5 Å². The van der Waals surface area contributed by atoms with Crippen LogP contribution in [0.25, 0.3) is 11.0 Å². The van der Waals surface area contributed by atoms with Gasteiger partial charge in [0, 0.05) is 17.1 Å². The van der Waals surface area contributed by atoms with Crippen LogP contribution >= 0.6 is 0 Å². The van der Waals surface area contributed by atoms with Crippen LogP contribution in [0.4, 0.5) is 5.69 Å². The van der Waals surface area contributed by atoms with Crippen molar-refractivity contribution in [1.29, 1.82) is 0 Å². The van der Waals surface area contributed by atoms with Gasteiger partial charge in [-0.2, -0.15) is 0 Å². The van der Waals surface area contributed by atoms with E-state index in [1.165, 1.54) is 6.07 Å². The lowest BCUT2D eigenvalue weighted by Crippen LogP contribution is -2.21. The highest BCUT2D eigenvalue weighted by Gasteiger charge is 2.18. The van der Waals surface area contributed by atoms with Gasteiger partial charge in [0.2, 0.25) is 0 Å². The van der Waals surface area contributed by atoms with Gasteiger partial charge in [-0.05, 0) is 30.7 Å². The molecule has 3 aromatic rings. The summed E-state index contributed by atoms with van der Waals surface area (Å²) in [5.41, 5.74) is 1.09. The van der Waals surface area contributed by atoms with Crippen LogP contribution in [0.15, 0.2) is 51.7 Å². The number of hydrogen-bond acceptors (Lipinski definition) is 5. The quantitative estimate of drug-likeness (QED) is 0.727. The molecule has 1 aliphatic rings. The van der Waals surface area contributed by atoms with Crippen LogP contribution in [0, 0.1) is 6.92 Å². The van der Waals surface area contributed by atoms with Crippen LogP contribution in [0.2, 0.25) is 0 Å². The maximum atomic E-state index is 12.6. The lowest BCUT2D eigenvalue weighted by molar-refractivity contribution is 0.102. The van der Waals surface area contributed by atoms with E-state index < -0.39 is 11.5 Å². The summed E-state index contributed by atoms with van der Waals surface area (Å²) in [4.78, 5) is 24.7. The minimum Gasteiger partial charge on any atom is -0.486 e. The molecule has 0 bridgehead atoms. The van der Waals surface area contributed by atoms with E-state index in [1.807, 2.05) is 13.0 Å². The molecule has 0 atom stereocenters. The lowest BCUT2D eigenvalue weighted by Gasteiger charge is -2.20. The number of hydrogen-bond donors (Lipinski definition) is 1. The number of anilines is 1. The number of fused-ring (bicyclic) bond motifs is 2. The number of carbonyl (C=O) groups is 1. The van der Waals surface area contributed by atoms with Gasteiger partial charge in [-0.1, -0.05) is 18.2 Å². The fourth-order valence-electron chi connectivity index (χ4n) is 2.73. The number of carbonyl (C=O) groups excluding carboxylic acids is 1. The van der Waals surface area contributed by atoms with Crippen molar-refractivity contribution >= 4 is 22.6 Å². The third kappa shape index (κ3) is 2.82. The summed E-state index contributed by atoms with van der Waals surface area (Å²) in [6.45, 7) is 2.80. The molecule has 4 rings (SSSR count). The molecule has 0 saturated heterocycles. The normalized spacial score (nSPS) is 12.8. The van der Waals surface area contributed by atoms with Crippen molar-refractivity contribution < 1.29 is 18.7 Å². The molecule has 0 unspecified atom stereocenters. The van der Waals surface area contributed by atoms with Gasteiger partial charge in [0.05, 0.1) is 0 Å². The van der Waals surface area contributed by atoms with Crippen LogP contribution in [0.1, 0.15) is 15.9 Å². The number of benzene rings is 2. The van der Waals surface area contributed by atoms with Crippen LogP contribution in [-0.2, 0) is 0 Å². The minimum absolute atomic E-state index is 0.0482. The summed E-state index contributed by atoms with van der Waals surface area (Å²) >= 11 is 0. The Morgan fingerprint density at radius 3 is 2.56 bits per heavy atom. The average Bonchev–Trinajstić information content (AvgIpc) is 2.61. The van der Waals surface area contributed by atoms with E-state index in [1.54, 1.807) is 30.3 Å². The molecule has 1 aliphatic heterocycles. The molecule has 2 heterocycles. The molecule has 0 fully saturated rings. The molecule has 0 aliphatic carbocycles. The van der Waals surface area contributed by atoms with Crippen LogP contribution in [0.3, 0.4) is 0 Å². The van der Waals surface area contributed by atoms with E-state index in [4.69, 9.17) is 13.9 Å². The molecular formula is C19H15NO5. The van der Waals surface area contributed by atoms with Gasteiger partial charge in [-0.25, -0.2) is 4.79 Å². The van der Waals surface area contributed by atoms with Crippen molar-refractivity contribution in [2.24, 2.45) is 0 Å². The Morgan fingerprint density at radius 2 is 1.76 bits per heavy atom. The van der Waals surface area contributed by atoms with Crippen molar-refractivity contribution in [3.05, 3.63) is 64.0 Å². The van der Waals surface area contributed by atoms with Crippen molar-refractivity contribution in [2.75, 3.05) is 18.5 Å². The largest absolute Gasteiger partial charge is 0.486 e. The first-order chi connectivity index (χ1) is 12.1. The topological polar surface area (TPSA) is 77.8 Å². The average molecular weight is 337 g/mol. The van der Waals surface area contributed by atoms with Crippen molar-refractivity contribution in [2.45, 2.75) is 6.92 Å². The Morgan fingerprint density at radius 1 is 1.04 bits per heavy atom. The van der Waals surface area contributed by atoms with E-state index in [-0.39, 0.29) is 5.56 Å². The molecule has 6 nitrogen and oxygen atoms in total. The summed E-state index contributed by atoms with van der Waals surface area (Å²) in [5.74, 6) is 0.684. The number of aryl methyl sites for hydroxylation is 1. The summed E-state index contributed by atoms with van der Waals surface area (Å²) in [7, 11) is 0. The first kappa shape index (κ1) is 15.3. The van der Waals surface area contributed by atoms with Crippen LogP contribution in [0.5, 0.6) is 11.5 Å². The molecule has 25 heavy (non-hydrogen) atoms. The Hall–Kier alpha value is -3.28. The van der Waals surface area contributed by atoms with Crippen LogP contribution in [-0.4, -0.2) is 19.1 Å². The SMILES string of the molecule is Cc1cc2c(cc1NC(=O)c1cc3ccccc3oc1=O)OCCO2. The number of rotatable bonds is 2. The second-order valence-corrected chi connectivity index (χ2v) is 5.75. The number of nitrogens with one attached hydrogen (secondary N) is 1. The fraction of sp³-hybridized carbons (Fsp3) is 0.158. The smallest absolute Gasteiger partial charge is 0.349 e. The Balaban J connectivity index is 1.68. The van der Waals surface area contributed by atoms with Crippen LogP contribution < -0.4 is 20.4 Å². The summed E-state index contributed by atoms with van der Waals surface area (Å²) in [6, 6.07) is 12.1. The lowest BCUT2D eigenvalue weighted by atomic mass is 10.1. The first-order valence-electron chi connectivity index (χ1n) is 7.86. The first-order valence-corrected chi connectivity index (χ1v) is 7.86. The van der Waals surface area contributed by atoms with Gasteiger partial charge in [-0.3, -0.25) is 4.79 Å². The number of para-hydroxylation sites is 1. The van der Waals surface area contributed by atoms with Gasteiger partial charge in [0.15, 0.2) is 11.5 Å². The molecule has 0 spiro atoms. The third-order valence-corrected chi connectivity index (χ3v) is 4.02. The van der Waals surface area contributed by atoms with E-state index >= 15 is 0 Å². The maximum Gasteiger partial charge on any atom is 0.349 e. The predicted octanol–water partition coefficient (Wildman–Crippen LogP) is 3.12. The van der Waals surface area contributed by atoms with E-state index in [9.17, 15) is 9.59 Å². The second kappa shape index (κ2) is 5.98. The second-order valence-electron chi connectivity index (χ2n) is 5.75. The van der Waals surface area contributed by atoms with Gasteiger partial charge in [-0.15, -0.1) is 0 Å². The van der Waals surface area contributed by atoms with Crippen molar-refractivity contribution in [1.82, 2.24) is 0 Å². The molecule has 1 N–H and O–H groups in total. The standard InChI is InChI=1S/C19H15NO5/c1-11-8-16-17(24-7-6-23-16)10-14(11)20-18(21)13-9-12-4-2-3-5-15(12)25-19(13)22/h2-5,8-10H,6-7H2,1H3,(H,20,21). The highest BCUT2D eigenvalue weighted by atomic mass is 16.6. The molecule has 1 aromatic heterocycles. The zero-order valence-corrected chi connectivity index (χ0v) is 13.5. The number of amides is 1. The zero-order chi connectivity index (χ0) is 17.4. The third-order valence-electron chi connectivity index (χ3n) is 4.02. The molecular weight excluding hydrogens is 322 g/mol. The minimum atomic E-state index is -0.675. The molecule has 2 aromatic carbocycles. The van der Waals surface area contributed by atoms with Gasteiger partial charge < -0.3 is 19.2 Å². The van der Waals surface area contributed by atoms with E-state index in [2.05, 4.69) is 5.32 Å². The summed E-state index contributed by atoms with van der Waals surface area (Å²) in [6.07, 6.45) is 0. The number of ether oxygens (including phenoxy) is 2. The predicted molar refractivity (Wildman–Crippen MR) is 92.6 cm³/mol. The monoisotopic (exact) mass is 337 g/mol. The molecule has 126 valence electrons.